The largest absolute Gasteiger partial charge is 0.542 e. The molecule has 0 aliphatic carbocycles. The number of halogens is 1. The van der Waals surface area contributed by atoms with Crippen LogP contribution in [0.15, 0.2) is 46.9 Å². The third-order valence-electron chi connectivity index (χ3n) is 3.26. The summed E-state index contributed by atoms with van der Waals surface area (Å²) in [6.45, 7) is 11.1. The van der Waals surface area contributed by atoms with Crippen molar-refractivity contribution in [3.63, 3.8) is 0 Å². The van der Waals surface area contributed by atoms with Crippen molar-refractivity contribution in [2.45, 2.75) is 39.3 Å². The molecule has 0 aromatic heterocycles. The summed E-state index contributed by atoms with van der Waals surface area (Å²) in [6, 6.07) is 14.9. The maximum atomic E-state index is 6.28. The number of hydrogen-bond acceptors (Lipinski definition) is 1. The molecule has 0 heterocycles. The summed E-state index contributed by atoms with van der Waals surface area (Å²) in [5.74, 6) is 1.04. The Balaban J connectivity index is 2.65. The molecule has 0 unspecified atom stereocenters. The predicted molar refractivity (Wildman–Crippen MR) is 96.4 cm³/mol. The summed E-state index contributed by atoms with van der Waals surface area (Å²) in [4.78, 5) is 0. The average Bonchev–Trinajstić information content (AvgIpc) is 2.37. The highest BCUT2D eigenvalue weighted by atomic mass is 79.9. The third-order valence-corrected chi connectivity index (χ3v) is 4.37. The van der Waals surface area contributed by atoms with Crippen molar-refractivity contribution in [1.82, 2.24) is 0 Å². The minimum atomic E-state index is -0.819. The van der Waals surface area contributed by atoms with E-state index in [2.05, 4.69) is 86.2 Å². The Morgan fingerprint density at radius 3 is 2.24 bits per heavy atom. The van der Waals surface area contributed by atoms with Crippen LogP contribution in [0.4, 0.5) is 0 Å². The van der Waals surface area contributed by atoms with Crippen molar-refractivity contribution in [3.05, 3.63) is 52.5 Å². The second kappa shape index (κ2) is 6.37. The third kappa shape index (κ3) is 3.98. The standard InChI is InChI=1S/C18H22BrOSi/c1-18(2,3)16-11-7-10-15(17(16)20-21(4)5)13-8-6-9-14(19)12-13/h6-12H,1-5H3. The minimum Gasteiger partial charge on any atom is -0.542 e. The van der Waals surface area contributed by atoms with E-state index in [0.717, 1.165) is 10.2 Å². The lowest BCUT2D eigenvalue weighted by Gasteiger charge is -2.26. The van der Waals surface area contributed by atoms with Crippen LogP contribution in [0.3, 0.4) is 0 Å². The molecule has 2 aromatic rings. The van der Waals surface area contributed by atoms with Gasteiger partial charge >= 0.3 is 0 Å². The van der Waals surface area contributed by atoms with Crippen molar-refractivity contribution in [3.8, 4) is 16.9 Å². The Bertz CT molecular complexity index is 629. The Morgan fingerprint density at radius 2 is 1.67 bits per heavy atom. The molecule has 0 amide bonds. The molecular formula is C18H22BrOSi. The van der Waals surface area contributed by atoms with Crippen LogP contribution >= 0.6 is 15.9 Å². The molecule has 111 valence electrons. The Hall–Kier alpha value is -1.06. The Labute approximate surface area is 138 Å². The molecule has 0 N–H and O–H groups in total. The zero-order chi connectivity index (χ0) is 15.6. The minimum absolute atomic E-state index is 0.0642. The van der Waals surface area contributed by atoms with Crippen LogP contribution in [0.2, 0.25) is 13.1 Å². The molecule has 2 aromatic carbocycles. The lowest BCUT2D eigenvalue weighted by Crippen LogP contribution is -2.18. The number of para-hydroxylation sites is 1. The number of hydrogen-bond donors (Lipinski definition) is 0. The van der Waals surface area contributed by atoms with Crippen molar-refractivity contribution in [1.29, 1.82) is 0 Å². The van der Waals surface area contributed by atoms with Crippen LogP contribution in [0.1, 0.15) is 26.3 Å². The fourth-order valence-electron chi connectivity index (χ4n) is 2.33. The van der Waals surface area contributed by atoms with E-state index in [-0.39, 0.29) is 5.41 Å². The second-order valence-electron chi connectivity index (χ2n) is 6.45. The first-order valence-electron chi connectivity index (χ1n) is 7.16. The first-order chi connectivity index (χ1) is 9.79. The van der Waals surface area contributed by atoms with Gasteiger partial charge in [-0.1, -0.05) is 67.0 Å². The van der Waals surface area contributed by atoms with Gasteiger partial charge < -0.3 is 4.43 Å². The fraction of sp³-hybridized carbons (Fsp3) is 0.333. The lowest BCUT2D eigenvalue weighted by molar-refractivity contribution is 0.522. The number of benzene rings is 2. The predicted octanol–water partition coefficient (Wildman–Crippen LogP) is 6.04. The topological polar surface area (TPSA) is 9.23 Å². The zero-order valence-corrected chi connectivity index (χ0v) is 15.9. The van der Waals surface area contributed by atoms with Crippen LogP contribution in [0, 0.1) is 0 Å². The lowest BCUT2D eigenvalue weighted by atomic mass is 9.84. The van der Waals surface area contributed by atoms with E-state index in [1.165, 1.54) is 16.7 Å². The van der Waals surface area contributed by atoms with E-state index in [1.54, 1.807) is 0 Å². The van der Waals surface area contributed by atoms with Gasteiger partial charge in [-0.15, -0.1) is 0 Å². The molecule has 0 aliphatic heterocycles. The summed E-state index contributed by atoms with van der Waals surface area (Å²) in [5.41, 5.74) is 3.70. The van der Waals surface area contributed by atoms with Gasteiger partial charge in [0.1, 0.15) is 5.75 Å². The Kier molecular flexibility index (Phi) is 4.94. The molecule has 0 fully saturated rings. The van der Waals surface area contributed by atoms with Gasteiger partial charge in [0.2, 0.25) is 0 Å². The molecule has 0 saturated carbocycles. The fourth-order valence-corrected chi connectivity index (χ4v) is 3.35. The van der Waals surface area contributed by atoms with Gasteiger partial charge in [0, 0.05) is 10.0 Å². The van der Waals surface area contributed by atoms with Crippen LogP contribution in [0.5, 0.6) is 5.75 Å². The number of rotatable bonds is 3. The highest BCUT2D eigenvalue weighted by Crippen LogP contribution is 2.40. The molecule has 1 nitrogen and oxygen atoms in total. The smallest absolute Gasteiger partial charge is 0.274 e. The molecule has 0 saturated heterocycles. The molecule has 3 heteroatoms. The van der Waals surface area contributed by atoms with E-state index < -0.39 is 9.04 Å². The molecule has 2 rings (SSSR count). The summed E-state index contributed by atoms with van der Waals surface area (Å²) >= 11 is 3.56. The molecular weight excluding hydrogens is 340 g/mol. The van der Waals surface area contributed by atoms with Gasteiger partial charge in [0.05, 0.1) is 0 Å². The SMILES string of the molecule is C[Si](C)Oc1c(-c2cccc(Br)c2)cccc1C(C)(C)C. The van der Waals surface area contributed by atoms with Crippen LogP contribution in [-0.4, -0.2) is 9.04 Å². The molecule has 1 radical (unpaired) electrons. The van der Waals surface area contributed by atoms with Crippen LogP contribution < -0.4 is 4.43 Å². The van der Waals surface area contributed by atoms with E-state index in [0.29, 0.717) is 0 Å². The summed E-state index contributed by atoms with van der Waals surface area (Å²) < 4.78 is 7.37. The second-order valence-corrected chi connectivity index (χ2v) is 9.39. The van der Waals surface area contributed by atoms with Crippen molar-refractivity contribution >= 4 is 25.0 Å². The monoisotopic (exact) mass is 361 g/mol. The Morgan fingerprint density at radius 1 is 1.00 bits per heavy atom. The maximum absolute atomic E-state index is 6.28. The van der Waals surface area contributed by atoms with Gasteiger partial charge in [-0.2, -0.15) is 0 Å². The normalized spacial score (nSPS) is 11.8. The highest BCUT2D eigenvalue weighted by molar-refractivity contribution is 9.10. The van der Waals surface area contributed by atoms with Crippen LogP contribution in [0.25, 0.3) is 11.1 Å². The molecule has 0 bridgehead atoms. The van der Waals surface area contributed by atoms with E-state index in [9.17, 15) is 0 Å². The first-order valence-corrected chi connectivity index (χ1v) is 10.4. The van der Waals surface area contributed by atoms with E-state index in [1.807, 2.05) is 6.07 Å². The van der Waals surface area contributed by atoms with Gasteiger partial charge in [-0.25, -0.2) is 0 Å². The van der Waals surface area contributed by atoms with Gasteiger partial charge in [0.25, 0.3) is 9.04 Å². The van der Waals surface area contributed by atoms with Crippen molar-refractivity contribution in [2.24, 2.45) is 0 Å². The van der Waals surface area contributed by atoms with Crippen molar-refractivity contribution in [2.75, 3.05) is 0 Å². The molecule has 0 atom stereocenters. The maximum Gasteiger partial charge on any atom is 0.274 e. The summed E-state index contributed by atoms with van der Waals surface area (Å²) in [5, 5.41) is 0. The van der Waals surface area contributed by atoms with Gasteiger partial charge in [-0.05, 0) is 41.8 Å². The van der Waals surface area contributed by atoms with E-state index >= 15 is 0 Å². The zero-order valence-electron chi connectivity index (χ0n) is 13.3. The van der Waals surface area contributed by atoms with E-state index in [4.69, 9.17) is 4.43 Å². The quantitative estimate of drug-likeness (QED) is 0.605. The summed E-state index contributed by atoms with van der Waals surface area (Å²) in [7, 11) is -0.819. The van der Waals surface area contributed by atoms with Gasteiger partial charge in [-0.3, -0.25) is 0 Å². The molecule has 0 aliphatic rings. The van der Waals surface area contributed by atoms with Gasteiger partial charge in [0.15, 0.2) is 0 Å². The highest BCUT2D eigenvalue weighted by Gasteiger charge is 2.22. The first kappa shape index (κ1) is 16.3. The molecule has 21 heavy (non-hydrogen) atoms. The summed E-state index contributed by atoms with van der Waals surface area (Å²) in [6.07, 6.45) is 0. The van der Waals surface area contributed by atoms with Crippen LogP contribution in [-0.2, 0) is 5.41 Å². The average molecular weight is 362 g/mol. The molecule has 0 spiro atoms. The van der Waals surface area contributed by atoms with Crippen molar-refractivity contribution < 1.29 is 4.43 Å².